The average molecular weight is 315 g/mol. The van der Waals surface area contributed by atoms with E-state index in [1.165, 1.54) is 18.4 Å². The molecule has 0 saturated carbocycles. The van der Waals surface area contributed by atoms with Gasteiger partial charge in [0.15, 0.2) is 0 Å². The van der Waals surface area contributed by atoms with Crippen molar-refractivity contribution >= 4 is 15.9 Å². The van der Waals surface area contributed by atoms with E-state index in [2.05, 4.69) is 5.32 Å². The second-order valence-corrected chi connectivity index (χ2v) is 7.62. The number of hydrogen-bond donors (Lipinski definition) is 1. The molecule has 2 atom stereocenters. The Labute approximate surface area is 124 Å². The molecule has 2 rings (SSSR count). The van der Waals surface area contributed by atoms with Crippen molar-refractivity contribution in [1.82, 2.24) is 14.2 Å². The molecule has 1 aromatic rings. The summed E-state index contributed by atoms with van der Waals surface area (Å²) in [5, 5.41) is 2.86. The maximum Gasteiger partial charge on any atom is 0.240 e. The standard InChI is InChI=1S/C13H21N3O4S/c1-15(2)21(18,19)10-11-8-20-9-12(11)14-13(17)7-16-5-3-4-6-16/h3-6,11-12H,7-10H2,1-2H3,(H,14,17)/t11-,12-/m0/s1. The van der Waals surface area contributed by atoms with Gasteiger partial charge in [-0.05, 0) is 12.1 Å². The molecule has 0 spiro atoms. The predicted molar refractivity (Wildman–Crippen MR) is 78.1 cm³/mol. The lowest BCUT2D eigenvalue weighted by Crippen LogP contribution is -2.44. The van der Waals surface area contributed by atoms with Crippen molar-refractivity contribution in [3.05, 3.63) is 24.5 Å². The van der Waals surface area contributed by atoms with Gasteiger partial charge in [-0.3, -0.25) is 4.79 Å². The number of ether oxygens (including phenoxy) is 1. The minimum absolute atomic E-state index is 0.0194. The summed E-state index contributed by atoms with van der Waals surface area (Å²) in [6.45, 7) is 0.920. The van der Waals surface area contributed by atoms with Gasteiger partial charge < -0.3 is 14.6 Å². The van der Waals surface area contributed by atoms with E-state index < -0.39 is 10.0 Å². The molecule has 1 saturated heterocycles. The minimum atomic E-state index is -3.30. The van der Waals surface area contributed by atoms with E-state index in [1.54, 1.807) is 17.0 Å². The monoisotopic (exact) mass is 315 g/mol. The van der Waals surface area contributed by atoms with Gasteiger partial charge in [-0.25, -0.2) is 12.7 Å². The molecule has 0 radical (unpaired) electrons. The number of nitrogens with one attached hydrogen (secondary N) is 1. The molecule has 0 aromatic carbocycles. The molecule has 1 N–H and O–H groups in total. The van der Waals surface area contributed by atoms with Crippen molar-refractivity contribution in [3.8, 4) is 0 Å². The Morgan fingerprint density at radius 1 is 1.33 bits per heavy atom. The number of aromatic nitrogens is 1. The van der Waals surface area contributed by atoms with Crippen LogP contribution in [-0.4, -0.2) is 62.3 Å². The Bertz CT molecular complexity index is 568. The zero-order valence-electron chi connectivity index (χ0n) is 12.2. The maximum absolute atomic E-state index is 12.0. The molecule has 0 aliphatic carbocycles. The summed E-state index contributed by atoms with van der Waals surface area (Å²) in [6.07, 6.45) is 3.61. The number of hydrogen-bond acceptors (Lipinski definition) is 4. The average Bonchev–Trinajstić information content (AvgIpc) is 3.02. The van der Waals surface area contributed by atoms with Crippen LogP contribution in [0.15, 0.2) is 24.5 Å². The SMILES string of the molecule is CN(C)S(=O)(=O)C[C@@H]1COC[C@@H]1NC(=O)Cn1cccc1. The van der Waals surface area contributed by atoms with Crippen LogP contribution < -0.4 is 5.32 Å². The Morgan fingerprint density at radius 2 is 2.00 bits per heavy atom. The van der Waals surface area contributed by atoms with Gasteiger partial charge >= 0.3 is 0 Å². The van der Waals surface area contributed by atoms with Crippen molar-refractivity contribution in [2.24, 2.45) is 5.92 Å². The van der Waals surface area contributed by atoms with Crippen LogP contribution in [-0.2, 0) is 26.1 Å². The summed E-state index contributed by atoms with van der Waals surface area (Å²) in [6, 6.07) is 3.43. The van der Waals surface area contributed by atoms with Gasteiger partial charge in [0.25, 0.3) is 0 Å². The van der Waals surface area contributed by atoms with Crippen LogP contribution in [0.5, 0.6) is 0 Å². The highest BCUT2D eigenvalue weighted by atomic mass is 32.2. The third kappa shape index (κ3) is 4.29. The van der Waals surface area contributed by atoms with E-state index in [0.29, 0.717) is 13.2 Å². The molecule has 8 heteroatoms. The highest BCUT2D eigenvalue weighted by Crippen LogP contribution is 2.17. The van der Waals surface area contributed by atoms with Crippen LogP contribution in [0.4, 0.5) is 0 Å². The molecule has 1 aliphatic heterocycles. The van der Waals surface area contributed by atoms with Crippen molar-refractivity contribution in [1.29, 1.82) is 0 Å². The smallest absolute Gasteiger partial charge is 0.240 e. The molecule has 0 bridgehead atoms. The fourth-order valence-electron chi connectivity index (χ4n) is 2.24. The molecule has 1 aromatic heterocycles. The second-order valence-electron chi connectivity index (χ2n) is 5.39. The first-order valence-corrected chi connectivity index (χ1v) is 8.37. The van der Waals surface area contributed by atoms with Crippen molar-refractivity contribution < 1.29 is 17.9 Å². The number of sulfonamides is 1. The number of amides is 1. The maximum atomic E-state index is 12.0. The Morgan fingerprint density at radius 3 is 2.62 bits per heavy atom. The molecule has 118 valence electrons. The van der Waals surface area contributed by atoms with E-state index in [4.69, 9.17) is 4.74 Å². The van der Waals surface area contributed by atoms with Gasteiger partial charge in [0.1, 0.15) is 6.54 Å². The molecule has 1 fully saturated rings. The Hall–Kier alpha value is -1.38. The van der Waals surface area contributed by atoms with Crippen LogP contribution in [0.2, 0.25) is 0 Å². The van der Waals surface area contributed by atoms with Crippen LogP contribution in [0.3, 0.4) is 0 Å². The van der Waals surface area contributed by atoms with Gasteiger partial charge in [-0.1, -0.05) is 0 Å². The molecular formula is C13H21N3O4S. The van der Waals surface area contributed by atoms with Crippen LogP contribution in [0.1, 0.15) is 0 Å². The number of carbonyl (C=O) groups is 1. The number of rotatable bonds is 6. The topological polar surface area (TPSA) is 80.6 Å². The van der Waals surface area contributed by atoms with Crippen molar-refractivity contribution in [3.63, 3.8) is 0 Å². The van der Waals surface area contributed by atoms with Gasteiger partial charge in [0, 0.05) is 32.4 Å². The fourth-order valence-corrected chi connectivity index (χ4v) is 3.40. The highest BCUT2D eigenvalue weighted by molar-refractivity contribution is 7.89. The van der Waals surface area contributed by atoms with E-state index in [-0.39, 0.29) is 30.2 Å². The molecule has 2 heterocycles. The van der Waals surface area contributed by atoms with E-state index >= 15 is 0 Å². The van der Waals surface area contributed by atoms with Crippen molar-refractivity contribution in [2.75, 3.05) is 33.1 Å². The fraction of sp³-hybridized carbons (Fsp3) is 0.615. The predicted octanol–water partition coefficient (Wildman–Crippen LogP) is -0.489. The molecule has 1 aliphatic rings. The van der Waals surface area contributed by atoms with E-state index in [0.717, 1.165) is 0 Å². The lowest BCUT2D eigenvalue weighted by atomic mass is 10.1. The quantitative estimate of drug-likeness (QED) is 0.768. The van der Waals surface area contributed by atoms with Crippen LogP contribution >= 0.6 is 0 Å². The summed E-state index contributed by atoms with van der Waals surface area (Å²) >= 11 is 0. The molecule has 7 nitrogen and oxygen atoms in total. The summed E-state index contributed by atoms with van der Waals surface area (Å²) in [5.41, 5.74) is 0. The molecule has 21 heavy (non-hydrogen) atoms. The molecule has 1 amide bonds. The van der Waals surface area contributed by atoms with Gasteiger partial charge in [0.2, 0.25) is 15.9 Å². The van der Waals surface area contributed by atoms with Gasteiger partial charge in [-0.15, -0.1) is 0 Å². The van der Waals surface area contributed by atoms with Crippen LogP contribution in [0, 0.1) is 5.92 Å². The summed E-state index contributed by atoms with van der Waals surface area (Å²) in [4.78, 5) is 12.0. The highest BCUT2D eigenvalue weighted by Gasteiger charge is 2.34. The third-order valence-corrected chi connectivity index (χ3v) is 5.48. The number of nitrogens with zero attached hydrogens (tertiary/aromatic N) is 2. The first-order valence-electron chi connectivity index (χ1n) is 6.76. The minimum Gasteiger partial charge on any atom is -0.379 e. The Kier molecular flexibility index (Phi) is 5.02. The zero-order valence-corrected chi connectivity index (χ0v) is 13.0. The molecule has 0 unspecified atom stereocenters. The lowest BCUT2D eigenvalue weighted by Gasteiger charge is -2.21. The second kappa shape index (κ2) is 6.59. The zero-order chi connectivity index (χ0) is 15.5. The normalized spacial score (nSPS) is 22.6. The lowest BCUT2D eigenvalue weighted by molar-refractivity contribution is -0.122. The molecular weight excluding hydrogens is 294 g/mol. The largest absolute Gasteiger partial charge is 0.379 e. The van der Waals surface area contributed by atoms with Gasteiger partial charge in [0.05, 0.1) is 25.0 Å². The Balaban J connectivity index is 1.91. The summed E-state index contributed by atoms with van der Waals surface area (Å²) in [7, 11) is -0.294. The van der Waals surface area contributed by atoms with E-state index in [1.807, 2.05) is 12.1 Å². The number of carbonyl (C=O) groups excluding carboxylic acids is 1. The van der Waals surface area contributed by atoms with Crippen LogP contribution in [0.25, 0.3) is 0 Å². The third-order valence-electron chi connectivity index (χ3n) is 3.52. The summed E-state index contributed by atoms with van der Waals surface area (Å²) < 4.78 is 32.1. The first-order chi connectivity index (χ1) is 9.88. The first kappa shape index (κ1) is 16.0. The summed E-state index contributed by atoms with van der Waals surface area (Å²) in [5.74, 6) is -0.381. The van der Waals surface area contributed by atoms with Crippen molar-refractivity contribution in [2.45, 2.75) is 12.6 Å². The van der Waals surface area contributed by atoms with Gasteiger partial charge in [-0.2, -0.15) is 0 Å². The van der Waals surface area contributed by atoms with E-state index in [9.17, 15) is 13.2 Å².